The summed E-state index contributed by atoms with van der Waals surface area (Å²) in [5.41, 5.74) is 1.28. The van der Waals surface area contributed by atoms with Gasteiger partial charge in [0.1, 0.15) is 5.75 Å². The van der Waals surface area contributed by atoms with Crippen molar-refractivity contribution in [2.24, 2.45) is 0 Å². The molecule has 0 radical (unpaired) electrons. The van der Waals surface area contributed by atoms with Gasteiger partial charge in [-0.2, -0.15) is 0 Å². The van der Waals surface area contributed by atoms with Gasteiger partial charge >= 0.3 is 0 Å². The second-order valence-corrected chi connectivity index (χ2v) is 5.01. The Morgan fingerprint density at radius 1 is 1.28 bits per heavy atom. The van der Waals surface area contributed by atoms with Crippen molar-refractivity contribution < 1.29 is 9.47 Å². The van der Waals surface area contributed by atoms with E-state index in [9.17, 15) is 0 Å². The lowest BCUT2D eigenvalue weighted by molar-refractivity contribution is 0.101. The summed E-state index contributed by atoms with van der Waals surface area (Å²) >= 11 is 0. The minimum absolute atomic E-state index is 0.254. The molecule has 0 saturated heterocycles. The largest absolute Gasteiger partial charge is 0.490 e. The quantitative estimate of drug-likeness (QED) is 0.806. The van der Waals surface area contributed by atoms with E-state index in [2.05, 4.69) is 36.5 Å². The number of ether oxygens (including phenoxy) is 2. The molecule has 1 aromatic rings. The first-order chi connectivity index (χ1) is 8.72. The van der Waals surface area contributed by atoms with E-state index in [-0.39, 0.29) is 6.10 Å². The molecule has 1 N–H and O–H groups in total. The number of benzene rings is 1. The zero-order chi connectivity index (χ0) is 13.0. The van der Waals surface area contributed by atoms with Crippen LogP contribution in [0.1, 0.15) is 37.8 Å². The molecule has 2 atom stereocenters. The van der Waals surface area contributed by atoms with Crippen LogP contribution >= 0.6 is 0 Å². The molecule has 1 aromatic carbocycles. The third kappa shape index (κ3) is 3.72. The van der Waals surface area contributed by atoms with E-state index in [1.165, 1.54) is 18.4 Å². The lowest BCUT2D eigenvalue weighted by Crippen LogP contribution is -2.21. The molecule has 2 unspecified atom stereocenters. The average molecular weight is 249 g/mol. The van der Waals surface area contributed by atoms with Gasteiger partial charge < -0.3 is 14.8 Å². The van der Waals surface area contributed by atoms with Gasteiger partial charge in [-0.05, 0) is 50.9 Å². The first-order valence-corrected chi connectivity index (χ1v) is 6.69. The van der Waals surface area contributed by atoms with Gasteiger partial charge in [0.05, 0.1) is 12.2 Å². The van der Waals surface area contributed by atoms with Crippen molar-refractivity contribution in [1.82, 2.24) is 5.32 Å². The summed E-state index contributed by atoms with van der Waals surface area (Å²) in [5, 5.41) is 3.34. The van der Waals surface area contributed by atoms with Crippen LogP contribution in [0.3, 0.4) is 0 Å². The van der Waals surface area contributed by atoms with Gasteiger partial charge in [0.25, 0.3) is 0 Å². The Kier molecular flexibility index (Phi) is 4.61. The SMILES string of the molecule is CNC(CC(C)OC)c1ccc(OC2CC2)cc1. The summed E-state index contributed by atoms with van der Waals surface area (Å²) in [6.45, 7) is 2.09. The molecule has 3 heteroatoms. The standard InChI is InChI=1S/C15H23NO2/c1-11(17-3)10-15(16-2)12-4-6-13(7-5-12)18-14-8-9-14/h4-7,11,14-16H,8-10H2,1-3H3. The van der Waals surface area contributed by atoms with Crippen molar-refractivity contribution in [1.29, 1.82) is 0 Å². The lowest BCUT2D eigenvalue weighted by atomic mass is 10.0. The maximum absolute atomic E-state index is 5.75. The lowest BCUT2D eigenvalue weighted by Gasteiger charge is -2.20. The molecule has 100 valence electrons. The number of rotatable bonds is 7. The fourth-order valence-corrected chi connectivity index (χ4v) is 2.01. The highest BCUT2D eigenvalue weighted by Crippen LogP contribution is 2.28. The molecule has 1 saturated carbocycles. The number of methoxy groups -OCH3 is 1. The summed E-state index contributed by atoms with van der Waals surface area (Å²) in [5.74, 6) is 0.982. The van der Waals surface area contributed by atoms with Crippen LogP contribution in [0.4, 0.5) is 0 Å². The third-order valence-corrected chi connectivity index (χ3v) is 3.43. The monoisotopic (exact) mass is 249 g/mol. The zero-order valence-electron chi connectivity index (χ0n) is 11.5. The molecule has 0 spiro atoms. The molecule has 18 heavy (non-hydrogen) atoms. The Balaban J connectivity index is 1.96. The first-order valence-electron chi connectivity index (χ1n) is 6.69. The highest BCUT2D eigenvalue weighted by Gasteiger charge is 2.23. The molecule has 1 aliphatic rings. The van der Waals surface area contributed by atoms with Gasteiger partial charge in [0.2, 0.25) is 0 Å². The number of hydrogen-bond donors (Lipinski definition) is 1. The summed E-state index contributed by atoms with van der Waals surface area (Å²) in [4.78, 5) is 0. The Morgan fingerprint density at radius 2 is 1.94 bits per heavy atom. The van der Waals surface area contributed by atoms with Gasteiger partial charge in [0, 0.05) is 13.2 Å². The van der Waals surface area contributed by atoms with E-state index >= 15 is 0 Å². The predicted octanol–water partition coefficient (Wildman–Crippen LogP) is 2.91. The van der Waals surface area contributed by atoms with Gasteiger partial charge in [-0.15, -0.1) is 0 Å². The Labute approximate surface area is 109 Å². The molecular weight excluding hydrogens is 226 g/mol. The molecule has 0 bridgehead atoms. The highest BCUT2D eigenvalue weighted by molar-refractivity contribution is 5.29. The summed E-state index contributed by atoms with van der Waals surface area (Å²) in [6.07, 6.45) is 4.09. The van der Waals surface area contributed by atoms with Crippen molar-refractivity contribution in [3.8, 4) is 5.75 Å². The van der Waals surface area contributed by atoms with E-state index in [0.717, 1.165) is 12.2 Å². The van der Waals surface area contributed by atoms with Crippen LogP contribution in [0.15, 0.2) is 24.3 Å². The molecule has 0 heterocycles. The molecule has 0 aliphatic heterocycles. The highest BCUT2D eigenvalue weighted by atomic mass is 16.5. The van der Waals surface area contributed by atoms with E-state index in [1.54, 1.807) is 7.11 Å². The van der Waals surface area contributed by atoms with Crippen molar-refractivity contribution in [2.45, 2.75) is 44.4 Å². The molecule has 2 rings (SSSR count). The number of nitrogens with one attached hydrogen (secondary N) is 1. The maximum Gasteiger partial charge on any atom is 0.119 e. The summed E-state index contributed by atoms with van der Waals surface area (Å²) in [7, 11) is 3.74. The van der Waals surface area contributed by atoms with Crippen LogP contribution < -0.4 is 10.1 Å². The van der Waals surface area contributed by atoms with Crippen LogP contribution in [-0.2, 0) is 4.74 Å². The van der Waals surface area contributed by atoms with E-state index in [1.807, 2.05) is 7.05 Å². The molecular formula is C15H23NO2. The molecule has 1 aliphatic carbocycles. The predicted molar refractivity (Wildman–Crippen MR) is 73.0 cm³/mol. The maximum atomic E-state index is 5.75. The van der Waals surface area contributed by atoms with E-state index < -0.39 is 0 Å². The summed E-state index contributed by atoms with van der Waals surface area (Å²) < 4.78 is 11.1. The second-order valence-electron chi connectivity index (χ2n) is 5.01. The van der Waals surface area contributed by atoms with Crippen LogP contribution in [-0.4, -0.2) is 26.4 Å². The van der Waals surface area contributed by atoms with Gasteiger partial charge in [-0.25, -0.2) is 0 Å². The van der Waals surface area contributed by atoms with Gasteiger partial charge in [0.15, 0.2) is 0 Å². The molecule has 1 fully saturated rings. The van der Waals surface area contributed by atoms with Crippen molar-refractivity contribution in [3.05, 3.63) is 29.8 Å². The Morgan fingerprint density at radius 3 is 2.44 bits per heavy atom. The topological polar surface area (TPSA) is 30.5 Å². The van der Waals surface area contributed by atoms with Crippen molar-refractivity contribution >= 4 is 0 Å². The minimum Gasteiger partial charge on any atom is -0.490 e. The molecule has 0 amide bonds. The molecule has 3 nitrogen and oxygen atoms in total. The molecule has 0 aromatic heterocycles. The van der Waals surface area contributed by atoms with E-state index in [0.29, 0.717) is 12.1 Å². The zero-order valence-corrected chi connectivity index (χ0v) is 11.5. The third-order valence-electron chi connectivity index (χ3n) is 3.43. The van der Waals surface area contributed by atoms with Crippen LogP contribution in [0.5, 0.6) is 5.75 Å². The number of hydrogen-bond acceptors (Lipinski definition) is 3. The van der Waals surface area contributed by atoms with Crippen molar-refractivity contribution in [3.63, 3.8) is 0 Å². The first kappa shape index (κ1) is 13.4. The average Bonchev–Trinajstić information content (AvgIpc) is 3.20. The fraction of sp³-hybridized carbons (Fsp3) is 0.600. The fourth-order valence-electron chi connectivity index (χ4n) is 2.01. The van der Waals surface area contributed by atoms with E-state index in [4.69, 9.17) is 9.47 Å². The Hall–Kier alpha value is -1.06. The second kappa shape index (κ2) is 6.21. The smallest absolute Gasteiger partial charge is 0.119 e. The Bertz CT molecular complexity index is 359. The van der Waals surface area contributed by atoms with Crippen molar-refractivity contribution in [2.75, 3.05) is 14.2 Å². The van der Waals surface area contributed by atoms with Crippen LogP contribution in [0, 0.1) is 0 Å². The van der Waals surface area contributed by atoms with Crippen LogP contribution in [0.2, 0.25) is 0 Å². The van der Waals surface area contributed by atoms with Crippen LogP contribution in [0.25, 0.3) is 0 Å². The summed E-state index contributed by atoms with van der Waals surface area (Å²) in [6, 6.07) is 8.74. The minimum atomic E-state index is 0.254. The van der Waals surface area contributed by atoms with Gasteiger partial charge in [-0.3, -0.25) is 0 Å². The van der Waals surface area contributed by atoms with Gasteiger partial charge in [-0.1, -0.05) is 12.1 Å². The normalized spacial score (nSPS) is 18.4.